The Bertz CT molecular complexity index is 683. The highest BCUT2D eigenvalue weighted by Crippen LogP contribution is 2.32. The third-order valence-electron chi connectivity index (χ3n) is 7.08. The number of aliphatic hydroxyl groups excluding tert-OH is 3. The van der Waals surface area contributed by atoms with Crippen molar-refractivity contribution >= 4 is 41.4 Å². The number of alkyl halides is 1. The number of fused-ring (bicyclic) bond motifs is 1. The Morgan fingerprint density at radius 3 is 2.43 bits per heavy atom. The smallest absolute Gasteiger partial charge is 0.240 e. The molecule has 35 heavy (non-hydrogen) atoms. The zero-order valence-corrected chi connectivity index (χ0v) is 22.7. The van der Waals surface area contributed by atoms with Crippen molar-refractivity contribution < 1.29 is 33.5 Å². The number of thioether (sulfide) groups is 1. The van der Waals surface area contributed by atoms with Crippen molar-refractivity contribution in [1.29, 1.82) is 0 Å². The Balaban J connectivity index is 0.00000108. The molecule has 13 heteroatoms. The van der Waals surface area contributed by atoms with E-state index in [2.05, 4.69) is 16.0 Å². The maximum atomic E-state index is 13.3. The fourth-order valence-electron chi connectivity index (χ4n) is 5.12. The highest BCUT2D eigenvalue weighted by atomic mass is 35.5. The van der Waals surface area contributed by atoms with Crippen LogP contribution in [0.1, 0.15) is 32.6 Å². The van der Waals surface area contributed by atoms with Gasteiger partial charge in [0.1, 0.15) is 35.9 Å². The molecule has 4 aliphatic rings. The normalized spacial score (nSPS) is 41.1. The maximum Gasteiger partial charge on any atom is 0.240 e. The second-order valence-electron chi connectivity index (χ2n) is 9.69. The van der Waals surface area contributed by atoms with Crippen LogP contribution < -0.4 is 16.0 Å². The predicted molar refractivity (Wildman–Crippen MR) is 136 cm³/mol. The van der Waals surface area contributed by atoms with Gasteiger partial charge in [0.2, 0.25) is 5.91 Å². The number of rotatable bonds is 7. The van der Waals surface area contributed by atoms with Crippen molar-refractivity contribution in [2.24, 2.45) is 5.92 Å². The summed E-state index contributed by atoms with van der Waals surface area (Å²) in [6, 6.07) is -0.229. The minimum Gasteiger partial charge on any atom is -0.388 e. The molecule has 4 rings (SSSR count). The molecular weight excluding hydrogens is 521 g/mol. The molecule has 0 aromatic carbocycles. The van der Waals surface area contributed by atoms with E-state index in [9.17, 15) is 24.0 Å². The number of aliphatic hydroxyl groups is 3. The quantitative estimate of drug-likeness (QED) is 0.243. The van der Waals surface area contributed by atoms with E-state index >= 15 is 0 Å². The number of amides is 1. The van der Waals surface area contributed by atoms with Gasteiger partial charge in [-0.1, -0.05) is 0 Å². The summed E-state index contributed by atoms with van der Waals surface area (Å²) in [5, 5.41) is 40.3. The van der Waals surface area contributed by atoms with E-state index in [1.54, 1.807) is 13.2 Å². The van der Waals surface area contributed by atoms with Gasteiger partial charge in [-0.2, -0.15) is 3.89 Å². The van der Waals surface area contributed by atoms with Crippen LogP contribution in [-0.2, 0) is 14.3 Å². The first-order valence-corrected chi connectivity index (χ1v) is 15.0. The lowest BCUT2D eigenvalue weighted by molar-refractivity contribution is -0.205. The highest BCUT2D eigenvalue weighted by molar-refractivity contribution is 7.99. The summed E-state index contributed by atoms with van der Waals surface area (Å²) < 4.78 is 22.2. The number of halogens is 2. The van der Waals surface area contributed by atoms with Gasteiger partial charge >= 0.3 is 0 Å². The molecule has 0 radical (unpaired) electrons. The first-order valence-electron chi connectivity index (χ1n) is 12.1. The molecule has 6 N–H and O–H groups in total. The van der Waals surface area contributed by atoms with E-state index in [4.69, 9.17) is 21.1 Å². The van der Waals surface area contributed by atoms with Crippen LogP contribution in [0.15, 0.2) is 0 Å². The molecule has 1 amide bonds. The molecule has 1 saturated carbocycles. The fourth-order valence-corrected chi connectivity index (χ4v) is 6.00. The number of carbonyl (C=O) groups excluding carboxylic acids is 1. The molecule has 3 aliphatic heterocycles. The Morgan fingerprint density at radius 1 is 1.14 bits per heavy atom. The minimum atomic E-state index is -1.39. The van der Waals surface area contributed by atoms with Gasteiger partial charge in [-0.05, 0) is 38.9 Å². The number of hydrogen-bond acceptors (Lipinski definition) is 10. The monoisotopic (exact) mass is 559 g/mol. The van der Waals surface area contributed by atoms with E-state index in [1.165, 1.54) is 30.9 Å². The molecule has 1 aliphatic carbocycles. The molecule has 0 aromatic rings. The van der Waals surface area contributed by atoms with Crippen LogP contribution in [0.5, 0.6) is 0 Å². The van der Waals surface area contributed by atoms with Crippen LogP contribution in [0.2, 0.25) is 0 Å². The van der Waals surface area contributed by atoms with Gasteiger partial charge in [0.15, 0.2) is 0 Å². The molecule has 3 saturated heterocycles. The van der Waals surface area contributed by atoms with Crippen LogP contribution >= 0.6 is 35.5 Å². The molecule has 9 nitrogen and oxygen atoms in total. The van der Waals surface area contributed by atoms with Crippen molar-refractivity contribution in [3.05, 3.63) is 0 Å². The fraction of sp³-hybridized carbons (Fsp3) is 0.955. The summed E-state index contributed by atoms with van der Waals surface area (Å²) in [6.07, 6.45) is 2.32. The number of hydrogen-bond donors (Lipinski definition) is 6. The second-order valence-corrected chi connectivity index (χ2v) is 11.6. The summed E-state index contributed by atoms with van der Waals surface area (Å²) in [5.41, 5.74) is -0.733. The van der Waals surface area contributed by atoms with Gasteiger partial charge in [-0.3, -0.25) is 4.79 Å². The maximum absolute atomic E-state index is 13.3. The lowest BCUT2D eigenvalue weighted by Gasteiger charge is -2.44. The Kier molecular flexibility index (Phi) is 11.7. The molecule has 204 valence electrons. The highest BCUT2D eigenvalue weighted by Gasteiger charge is 2.49. The summed E-state index contributed by atoms with van der Waals surface area (Å²) in [5.74, 6) is -0.0218. The standard InChI is InChI=1S/C21H36ClN3O6S.CH3FS/c1-9(22)13(19-16(27)15(26)17(28)21(31-19)32-2)25-20(29)14-18-10(8-23-14)7-12(5-6-30-18)24-11-3-4-11;1-3-2/h9-19,21,23-24,26-28H,3-8H2,1-2H3,(H,25,29);1H3/t9-,10-,12?,13+,14-,15+,16?,17+,18+,19+,21?;/m0./s1. The minimum absolute atomic E-state index is 0.226. The van der Waals surface area contributed by atoms with E-state index in [0.29, 0.717) is 25.2 Å². The topological polar surface area (TPSA) is 132 Å². The average molecular weight is 560 g/mol. The van der Waals surface area contributed by atoms with Crippen molar-refractivity contribution in [2.45, 2.75) is 98.1 Å². The van der Waals surface area contributed by atoms with E-state index in [-0.39, 0.29) is 30.1 Å². The summed E-state index contributed by atoms with van der Waals surface area (Å²) in [4.78, 5) is 13.3. The zero-order chi connectivity index (χ0) is 25.7. The largest absolute Gasteiger partial charge is 0.388 e. The second kappa shape index (κ2) is 13.8. The van der Waals surface area contributed by atoms with Gasteiger partial charge in [-0.15, -0.1) is 23.4 Å². The number of nitrogens with one attached hydrogen (secondary N) is 3. The average Bonchev–Trinajstić information content (AvgIpc) is 3.59. The van der Waals surface area contributed by atoms with Crippen molar-refractivity contribution in [2.75, 3.05) is 25.7 Å². The molecule has 0 spiro atoms. The van der Waals surface area contributed by atoms with Crippen LogP contribution in [0.3, 0.4) is 0 Å². The zero-order valence-electron chi connectivity index (χ0n) is 20.3. The summed E-state index contributed by atoms with van der Waals surface area (Å²) >= 11 is 7.86. The summed E-state index contributed by atoms with van der Waals surface area (Å²) in [7, 11) is 0. The Labute approximate surface area is 220 Å². The van der Waals surface area contributed by atoms with Crippen LogP contribution in [-0.4, -0.2) is 112 Å². The van der Waals surface area contributed by atoms with Crippen LogP contribution in [0, 0.1) is 5.92 Å². The Hall–Kier alpha value is 0.110. The van der Waals surface area contributed by atoms with Crippen molar-refractivity contribution in [3.63, 3.8) is 0 Å². The van der Waals surface area contributed by atoms with Crippen molar-refractivity contribution in [3.8, 4) is 0 Å². The van der Waals surface area contributed by atoms with Gasteiger partial charge in [0.25, 0.3) is 0 Å². The first-order chi connectivity index (χ1) is 16.7. The van der Waals surface area contributed by atoms with E-state index in [1.807, 2.05) is 0 Å². The van der Waals surface area contributed by atoms with Gasteiger partial charge in [0.05, 0.1) is 17.5 Å². The summed E-state index contributed by atoms with van der Waals surface area (Å²) in [6.45, 7) is 3.01. The Morgan fingerprint density at radius 2 is 1.83 bits per heavy atom. The lowest BCUT2D eigenvalue weighted by atomic mass is 9.92. The molecule has 0 bridgehead atoms. The van der Waals surface area contributed by atoms with Gasteiger partial charge in [-0.25, -0.2) is 0 Å². The molecule has 4 fully saturated rings. The first kappa shape index (κ1) is 29.7. The van der Waals surface area contributed by atoms with Crippen molar-refractivity contribution in [1.82, 2.24) is 16.0 Å². The molecule has 11 atom stereocenters. The molecular formula is C22H39ClFN3O6S2. The number of ether oxygens (including phenoxy) is 2. The van der Waals surface area contributed by atoms with Gasteiger partial charge < -0.3 is 40.7 Å². The molecule has 3 heterocycles. The number of carbonyl (C=O) groups is 1. The SMILES string of the molecule is CSC1O[C@H]([C@H](NC(=O)[C@H]2NC[C@@H]3CC(NC4CC4)CCO[C@H]32)[C@H](C)Cl)C(O)[C@@H](O)[C@H]1O.CSF. The molecule has 0 aromatic heterocycles. The lowest BCUT2D eigenvalue weighted by Crippen LogP contribution is -2.65. The predicted octanol–water partition coefficient (Wildman–Crippen LogP) is 0.391. The third-order valence-corrected chi connectivity index (χ3v) is 8.21. The van der Waals surface area contributed by atoms with Gasteiger partial charge in [0, 0.05) is 49.6 Å². The van der Waals surface area contributed by atoms with E-state index < -0.39 is 47.3 Å². The van der Waals surface area contributed by atoms with Crippen LogP contribution in [0.4, 0.5) is 3.89 Å². The third kappa shape index (κ3) is 7.58. The van der Waals surface area contributed by atoms with Crippen LogP contribution in [0.25, 0.3) is 0 Å². The molecule has 3 unspecified atom stereocenters. The van der Waals surface area contributed by atoms with E-state index in [0.717, 1.165) is 12.8 Å².